The van der Waals surface area contributed by atoms with Crippen molar-refractivity contribution < 1.29 is 0 Å². The van der Waals surface area contributed by atoms with Crippen molar-refractivity contribution in [3.63, 3.8) is 0 Å². The van der Waals surface area contributed by atoms with Gasteiger partial charge in [-0.25, -0.2) is 0 Å². The molecule has 96 valence electrons. The van der Waals surface area contributed by atoms with Crippen molar-refractivity contribution >= 4 is 33.8 Å². The van der Waals surface area contributed by atoms with Gasteiger partial charge >= 0.3 is 0 Å². The van der Waals surface area contributed by atoms with E-state index >= 15 is 0 Å². The summed E-state index contributed by atoms with van der Waals surface area (Å²) in [5.41, 5.74) is 1.16. The topological polar surface area (TPSA) is 37.8 Å². The Kier molecular flexibility index (Phi) is 2.90. The molecule has 0 atom stereocenters. The first-order valence-electron chi connectivity index (χ1n) is 6.29. The summed E-state index contributed by atoms with van der Waals surface area (Å²) < 4.78 is 3.09. The van der Waals surface area contributed by atoms with Crippen LogP contribution in [0.25, 0.3) is 10.2 Å². The molecule has 0 radical (unpaired) electrons. The largest absolute Gasteiger partial charge is 0.331 e. The van der Waals surface area contributed by atoms with Crippen LogP contribution in [0.1, 0.15) is 32.6 Å². The first-order chi connectivity index (χ1) is 8.59. The van der Waals surface area contributed by atoms with E-state index in [2.05, 4.69) is 11.9 Å². The van der Waals surface area contributed by atoms with Crippen molar-refractivity contribution in [2.24, 2.45) is 5.41 Å². The van der Waals surface area contributed by atoms with E-state index in [4.69, 9.17) is 12.2 Å². The standard InChI is InChI=1S/C13H16N2OS2/c1-13(5-2-3-6-13)8-15-11(16)10-9(4-7-18-10)14-12(15)17/h4,7H,2-3,5-6,8H2,1H3,(H,14,17). The van der Waals surface area contributed by atoms with Gasteiger partial charge in [-0.2, -0.15) is 0 Å². The highest BCUT2D eigenvalue weighted by molar-refractivity contribution is 7.71. The van der Waals surface area contributed by atoms with Crippen molar-refractivity contribution in [1.29, 1.82) is 0 Å². The van der Waals surface area contributed by atoms with Gasteiger partial charge in [0.25, 0.3) is 5.56 Å². The summed E-state index contributed by atoms with van der Waals surface area (Å²) in [4.78, 5) is 15.6. The van der Waals surface area contributed by atoms with Crippen LogP contribution in [0.4, 0.5) is 0 Å². The van der Waals surface area contributed by atoms with E-state index in [1.807, 2.05) is 11.4 Å². The van der Waals surface area contributed by atoms with E-state index in [-0.39, 0.29) is 11.0 Å². The van der Waals surface area contributed by atoms with Crippen LogP contribution >= 0.6 is 23.6 Å². The lowest BCUT2D eigenvalue weighted by Crippen LogP contribution is -2.29. The molecular weight excluding hydrogens is 264 g/mol. The summed E-state index contributed by atoms with van der Waals surface area (Å²) in [6.07, 6.45) is 4.92. The van der Waals surface area contributed by atoms with E-state index in [1.54, 1.807) is 4.57 Å². The maximum absolute atomic E-state index is 12.4. The van der Waals surface area contributed by atoms with E-state index < -0.39 is 0 Å². The maximum Gasteiger partial charge on any atom is 0.272 e. The molecule has 1 aliphatic rings. The molecule has 0 spiro atoms. The molecule has 1 aliphatic carbocycles. The Balaban J connectivity index is 2.11. The second-order valence-electron chi connectivity index (χ2n) is 5.50. The van der Waals surface area contributed by atoms with Crippen molar-refractivity contribution in [3.8, 4) is 0 Å². The van der Waals surface area contributed by atoms with Crippen LogP contribution in [0, 0.1) is 10.2 Å². The van der Waals surface area contributed by atoms with Gasteiger partial charge in [-0.1, -0.05) is 19.8 Å². The Morgan fingerprint density at radius 3 is 2.94 bits per heavy atom. The molecular formula is C13H16N2OS2. The number of hydrogen-bond acceptors (Lipinski definition) is 3. The van der Waals surface area contributed by atoms with E-state index in [9.17, 15) is 4.79 Å². The number of fused-ring (bicyclic) bond motifs is 1. The summed E-state index contributed by atoms with van der Waals surface area (Å²) in [6, 6.07) is 1.92. The number of aromatic nitrogens is 2. The molecule has 18 heavy (non-hydrogen) atoms. The number of nitrogens with one attached hydrogen (secondary N) is 1. The molecule has 0 bridgehead atoms. The lowest BCUT2D eigenvalue weighted by Gasteiger charge is -2.24. The van der Waals surface area contributed by atoms with Gasteiger partial charge in [-0.3, -0.25) is 9.36 Å². The third-order valence-corrected chi connectivity index (χ3v) is 5.17. The predicted molar refractivity (Wildman–Crippen MR) is 77.8 cm³/mol. The number of hydrogen-bond donors (Lipinski definition) is 1. The quantitative estimate of drug-likeness (QED) is 0.852. The smallest absolute Gasteiger partial charge is 0.272 e. The summed E-state index contributed by atoms with van der Waals surface area (Å²) in [7, 11) is 0. The van der Waals surface area contributed by atoms with Gasteiger partial charge in [0.15, 0.2) is 4.77 Å². The highest BCUT2D eigenvalue weighted by Gasteiger charge is 2.29. The van der Waals surface area contributed by atoms with Gasteiger partial charge in [0.05, 0.1) is 5.52 Å². The minimum absolute atomic E-state index is 0.0666. The third kappa shape index (κ3) is 1.95. The molecule has 1 N–H and O–H groups in total. The average molecular weight is 280 g/mol. The molecule has 3 nitrogen and oxygen atoms in total. The molecule has 3 rings (SSSR count). The highest BCUT2D eigenvalue weighted by Crippen LogP contribution is 2.38. The lowest BCUT2D eigenvalue weighted by molar-refractivity contribution is 0.275. The summed E-state index contributed by atoms with van der Waals surface area (Å²) in [6.45, 7) is 3.01. The second-order valence-corrected chi connectivity index (χ2v) is 6.81. The molecule has 5 heteroatoms. The summed E-state index contributed by atoms with van der Waals surface area (Å²) in [5, 5.41) is 1.93. The molecule has 2 aromatic rings. The number of aromatic amines is 1. The van der Waals surface area contributed by atoms with E-state index in [1.165, 1.54) is 37.0 Å². The van der Waals surface area contributed by atoms with Gasteiger partial charge in [-0.15, -0.1) is 11.3 Å². The maximum atomic E-state index is 12.4. The van der Waals surface area contributed by atoms with Crippen LogP contribution in [0.2, 0.25) is 0 Å². The Bertz CT molecular complexity index is 689. The number of nitrogens with zero attached hydrogens (tertiary/aromatic N) is 1. The Morgan fingerprint density at radius 1 is 1.50 bits per heavy atom. The predicted octanol–water partition coefficient (Wildman–Crippen LogP) is 3.70. The van der Waals surface area contributed by atoms with Gasteiger partial charge in [0, 0.05) is 6.54 Å². The van der Waals surface area contributed by atoms with Gasteiger partial charge in [-0.05, 0) is 41.9 Å². The molecule has 0 aliphatic heterocycles. The van der Waals surface area contributed by atoms with E-state index in [0.29, 0.717) is 4.77 Å². The first-order valence-corrected chi connectivity index (χ1v) is 7.58. The monoisotopic (exact) mass is 280 g/mol. The van der Waals surface area contributed by atoms with Gasteiger partial charge in [0.2, 0.25) is 0 Å². The fourth-order valence-corrected chi connectivity index (χ4v) is 3.94. The fraction of sp³-hybridized carbons (Fsp3) is 0.538. The SMILES string of the molecule is CC1(Cn2c(=S)[nH]c3ccsc3c2=O)CCCC1. The molecule has 1 fully saturated rings. The first kappa shape index (κ1) is 12.1. The highest BCUT2D eigenvalue weighted by atomic mass is 32.1. The molecule has 0 saturated heterocycles. The molecule has 0 amide bonds. The minimum Gasteiger partial charge on any atom is -0.331 e. The molecule has 2 heterocycles. The lowest BCUT2D eigenvalue weighted by atomic mass is 9.89. The van der Waals surface area contributed by atoms with Crippen molar-refractivity contribution in [2.75, 3.05) is 0 Å². The Morgan fingerprint density at radius 2 is 2.22 bits per heavy atom. The van der Waals surface area contributed by atoms with Crippen molar-refractivity contribution in [3.05, 3.63) is 26.6 Å². The van der Waals surface area contributed by atoms with E-state index in [0.717, 1.165) is 16.8 Å². The van der Waals surface area contributed by atoms with Crippen LogP contribution in [0.5, 0.6) is 0 Å². The number of rotatable bonds is 2. The zero-order valence-corrected chi connectivity index (χ0v) is 12.0. The molecule has 1 saturated carbocycles. The second kappa shape index (κ2) is 4.31. The van der Waals surface area contributed by atoms with Crippen LogP contribution in [-0.2, 0) is 6.54 Å². The fourth-order valence-electron chi connectivity index (χ4n) is 2.88. The zero-order valence-electron chi connectivity index (χ0n) is 10.4. The van der Waals surface area contributed by atoms with Crippen molar-refractivity contribution in [2.45, 2.75) is 39.2 Å². The number of thiophene rings is 1. The van der Waals surface area contributed by atoms with Gasteiger partial charge in [0.1, 0.15) is 4.70 Å². The normalized spacial score (nSPS) is 18.5. The summed E-state index contributed by atoms with van der Waals surface area (Å²) in [5.74, 6) is 0. The molecule has 2 aromatic heterocycles. The zero-order chi connectivity index (χ0) is 12.8. The van der Waals surface area contributed by atoms with Crippen LogP contribution in [-0.4, -0.2) is 9.55 Å². The van der Waals surface area contributed by atoms with Crippen molar-refractivity contribution in [1.82, 2.24) is 9.55 Å². The molecule has 0 aromatic carbocycles. The average Bonchev–Trinajstić information content (AvgIpc) is 2.94. The van der Waals surface area contributed by atoms with Crippen LogP contribution < -0.4 is 5.56 Å². The Labute approximate surface area is 114 Å². The third-order valence-electron chi connectivity index (χ3n) is 3.94. The Hall–Kier alpha value is -0.940. The van der Waals surface area contributed by atoms with Crippen LogP contribution in [0.15, 0.2) is 16.2 Å². The number of H-pyrrole nitrogens is 1. The summed E-state index contributed by atoms with van der Waals surface area (Å²) >= 11 is 6.81. The van der Waals surface area contributed by atoms with Crippen LogP contribution in [0.3, 0.4) is 0 Å². The van der Waals surface area contributed by atoms with Gasteiger partial charge < -0.3 is 4.98 Å². The molecule has 0 unspecified atom stereocenters. The minimum atomic E-state index is 0.0666.